The number of hydrogen-bond acceptors (Lipinski definition) is 3. The van der Waals surface area contributed by atoms with Crippen molar-refractivity contribution in [3.05, 3.63) is 17.6 Å². The Kier molecular flexibility index (Phi) is 3.00. The fraction of sp³-hybridized carbons (Fsp3) is 0.733. The maximum Gasteiger partial charge on any atom is 0.132 e. The topological polar surface area (TPSA) is 37.8 Å². The zero-order valence-corrected chi connectivity index (χ0v) is 11.5. The highest BCUT2D eigenvalue weighted by atomic mass is 15.0. The number of nitrogens with one attached hydrogen (secondary N) is 1. The first-order chi connectivity index (χ1) is 8.67. The van der Waals surface area contributed by atoms with E-state index in [0.717, 1.165) is 31.1 Å². The number of aryl methyl sites for hydroxylation is 1. The van der Waals surface area contributed by atoms with Gasteiger partial charge in [-0.05, 0) is 43.4 Å². The van der Waals surface area contributed by atoms with Gasteiger partial charge in [0.25, 0.3) is 0 Å². The molecule has 2 aliphatic rings. The molecule has 0 spiro atoms. The molecule has 18 heavy (non-hydrogen) atoms. The smallest absolute Gasteiger partial charge is 0.132 e. The molecule has 1 fully saturated rings. The van der Waals surface area contributed by atoms with Gasteiger partial charge in [0.05, 0.1) is 0 Å². The molecule has 2 aliphatic carbocycles. The predicted octanol–water partition coefficient (Wildman–Crippen LogP) is 3.20. The van der Waals surface area contributed by atoms with Crippen molar-refractivity contribution in [3.63, 3.8) is 0 Å². The molecule has 3 nitrogen and oxygen atoms in total. The fourth-order valence-electron chi connectivity index (χ4n) is 2.99. The average molecular weight is 245 g/mol. The number of hydrogen-bond donors (Lipinski definition) is 1. The van der Waals surface area contributed by atoms with Crippen molar-refractivity contribution < 1.29 is 0 Å². The molecule has 0 saturated heterocycles. The van der Waals surface area contributed by atoms with E-state index in [9.17, 15) is 0 Å². The summed E-state index contributed by atoms with van der Waals surface area (Å²) in [5.41, 5.74) is 3.20. The quantitative estimate of drug-likeness (QED) is 0.831. The molecule has 3 heteroatoms. The van der Waals surface area contributed by atoms with E-state index in [2.05, 4.69) is 29.1 Å². The van der Waals surface area contributed by atoms with Gasteiger partial charge in [0, 0.05) is 17.8 Å². The van der Waals surface area contributed by atoms with Crippen LogP contribution in [0.2, 0.25) is 0 Å². The molecule has 0 aliphatic heterocycles. The molecule has 1 aromatic heterocycles. The summed E-state index contributed by atoms with van der Waals surface area (Å²) in [5, 5.41) is 3.57. The second-order valence-corrected chi connectivity index (χ2v) is 6.48. The molecule has 1 heterocycles. The molecule has 0 amide bonds. The molecule has 3 rings (SSSR count). The van der Waals surface area contributed by atoms with Crippen LogP contribution in [-0.4, -0.2) is 16.5 Å². The standard InChI is InChI=1S/C15H23N3/c1-15(2)8-11(15)9-16-14-12-6-4-3-5-7-13(12)17-10-18-14/h10-11H,3-9H2,1-2H3,(H,16,17,18). The fourth-order valence-corrected chi connectivity index (χ4v) is 2.99. The number of rotatable bonds is 3. The highest BCUT2D eigenvalue weighted by Crippen LogP contribution is 2.51. The van der Waals surface area contributed by atoms with Crippen molar-refractivity contribution in [2.45, 2.75) is 52.4 Å². The van der Waals surface area contributed by atoms with Crippen LogP contribution in [0, 0.1) is 11.3 Å². The minimum Gasteiger partial charge on any atom is -0.369 e. The van der Waals surface area contributed by atoms with Crippen molar-refractivity contribution >= 4 is 5.82 Å². The Morgan fingerprint density at radius 1 is 1.22 bits per heavy atom. The van der Waals surface area contributed by atoms with E-state index < -0.39 is 0 Å². The van der Waals surface area contributed by atoms with E-state index >= 15 is 0 Å². The number of anilines is 1. The second kappa shape index (κ2) is 4.52. The summed E-state index contributed by atoms with van der Waals surface area (Å²) in [6.45, 7) is 5.76. The van der Waals surface area contributed by atoms with Gasteiger partial charge >= 0.3 is 0 Å². The van der Waals surface area contributed by atoms with Crippen LogP contribution in [0.4, 0.5) is 5.82 Å². The average Bonchev–Trinajstić information content (AvgIpc) is 3.02. The van der Waals surface area contributed by atoms with Crippen LogP contribution in [0.5, 0.6) is 0 Å². The molecule has 1 unspecified atom stereocenters. The Bertz CT molecular complexity index is 439. The number of fused-ring (bicyclic) bond motifs is 1. The van der Waals surface area contributed by atoms with Crippen LogP contribution >= 0.6 is 0 Å². The van der Waals surface area contributed by atoms with Crippen molar-refractivity contribution in [3.8, 4) is 0 Å². The number of nitrogens with zero attached hydrogens (tertiary/aromatic N) is 2. The summed E-state index contributed by atoms with van der Waals surface area (Å²) in [4.78, 5) is 8.92. The molecule has 98 valence electrons. The van der Waals surface area contributed by atoms with Crippen LogP contribution in [0.1, 0.15) is 50.8 Å². The van der Waals surface area contributed by atoms with Gasteiger partial charge in [0.15, 0.2) is 0 Å². The minimum absolute atomic E-state index is 0.539. The highest BCUT2D eigenvalue weighted by Gasteiger charge is 2.45. The Morgan fingerprint density at radius 3 is 2.78 bits per heavy atom. The van der Waals surface area contributed by atoms with E-state index in [1.165, 1.54) is 36.9 Å². The SMILES string of the molecule is CC1(C)CC1CNc1ncnc2c1CCCCC2. The largest absolute Gasteiger partial charge is 0.369 e. The first kappa shape index (κ1) is 11.9. The Hall–Kier alpha value is -1.12. The van der Waals surface area contributed by atoms with E-state index in [1.54, 1.807) is 6.33 Å². The highest BCUT2D eigenvalue weighted by molar-refractivity contribution is 5.46. The zero-order valence-electron chi connectivity index (χ0n) is 11.5. The Balaban J connectivity index is 1.72. The molecule has 1 aromatic rings. The van der Waals surface area contributed by atoms with Crippen molar-refractivity contribution in [1.82, 2.24) is 9.97 Å². The minimum atomic E-state index is 0.539. The summed E-state index contributed by atoms with van der Waals surface area (Å²) in [7, 11) is 0. The van der Waals surface area contributed by atoms with E-state index in [1.807, 2.05) is 0 Å². The lowest BCUT2D eigenvalue weighted by Crippen LogP contribution is -2.12. The van der Waals surface area contributed by atoms with Gasteiger partial charge in [-0.15, -0.1) is 0 Å². The van der Waals surface area contributed by atoms with Crippen molar-refractivity contribution in [2.24, 2.45) is 11.3 Å². The molecule has 0 aromatic carbocycles. The Labute approximate surface area is 109 Å². The monoisotopic (exact) mass is 245 g/mol. The summed E-state index contributed by atoms with van der Waals surface area (Å²) in [6.07, 6.45) is 9.22. The maximum atomic E-state index is 4.46. The normalized spacial score (nSPS) is 25.1. The Morgan fingerprint density at radius 2 is 2.00 bits per heavy atom. The van der Waals surface area contributed by atoms with Gasteiger partial charge in [-0.1, -0.05) is 20.3 Å². The lowest BCUT2D eigenvalue weighted by Gasteiger charge is -2.12. The van der Waals surface area contributed by atoms with E-state index in [-0.39, 0.29) is 0 Å². The third-order valence-corrected chi connectivity index (χ3v) is 4.61. The van der Waals surface area contributed by atoms with Gasteiger partial charge in [-0.25, -0.2) is 9.97 Å². The summed E-state index contributed by atoms with van der Waals surface area (Å²) < 4.78 is 0. The first-order valence-corrected chi connectivity index (χ1v) is 7.23. The van der Waals surface area contributed by atoms with Gasteiger partial charge in [0.2, 0.25) is 0 Å². The van der Waals surface area contributed by atoms with Gasteiger partial charge in [-0.3, -0.25) is 0 Å². The molecule has 0 bridgehead atoms. The molecular weight excluding hydrogens is 222 g/mol. The van der Waals surface area contributed by atoms with Crippen LogP contribution in [0.3, 0.4) is 0 Å². The summed E-state index contributed by atoms with van der Waals surface area (Å²) in [6, 6.07) is 0. The molecular formula is C15H23N3. The predicted molar refractivity (Wildman–Crippen MR) is 73.7 cm³/mol. The summed E-state index contributed by atoms with van der Waals surface area (Å²) in [5.74, 6) is 1.92. The van der Waals surface area contributed by atoms with Crippen molar-refractivity contribution in [1.29, 1.82) is 0 Å². The first-order valence-electron chi connectivity index (χ1n) is 7.23. The third-order valence-electron chi connectivity index (χ3n) is 4.61. The zero-order chi connectivity index (χ0) is 12.6. The van der Waals surface area contributed by atoms with Crippen LogP contribution < -0.4 is 5.32 Å². The van der Waals surface area contributed by atoms with Gasteiger partial charge in [-0.2, -0.15) is 0 Å². The van der Waals surface area contributed by atoms with Crippen molar-refractivity contribution in [2.75, 3.05) is 11.9 Å². The molecule has 1 atom stereocenters. The molecule has 1 saturated carbocycles. The third kappa shape index (κ3) is 2.36. The van der Waals surface area contributed by atoms with Crippen LogP contribution in [-0.2, 0) is 12.8 Å². The maximum absolute atomic E-state index is 4.46. The van der Waals surface area contributed by atoms with E-state index in [0.29, 0.717) is 5.41 Å². The molecule has 1 N–H and O–H groups in total. The van der Waals surface area contributed by atoms with Gasteiger partial charge in [0.1, 0.15) is 12.1 Å². The number of aromatic nitrogens is 2. The van der Waals surface area contributed by atoms with Crippen LogP contribution in [0.15, 0.2) is 6.33 Å². The van der Waals surface area contributed by atoms with E-state index in [4.69, 9.17) is 0 Å². The van der Waals surface area contributed by atoms with Crippen LogP contribution in [0.25, 0.3) is 0 Å². The van der Waals surface area contributed by atoms with Gasteiger partial charge < -0.3 is 5.32 Å². The molecule has 0 radical (unpaired) electrons. The summed E-state index contributed by atoms with van der Waals surface area (Å²) >= 11 is 0. The lowest BCUT2D eigenvalue weighted by molar-refractivity contribution is 0.572. The second-order valence-electron chi connectivity index (χ2n) is 6.48. The lowest BCUT2D eigenvalue weighted by atomic mass is 10.1.